The Hall–Kier alpha value is -4.61. The zero-order chi connectivity index (χ0) is 40.1. The maximum absolute atomic E-state index is 14.3. The average molecular weight is 875 g/mol. The minimum absolute atomic E-state index is 0.0612. The van der Waals surface area contributed by atoms with Crippen LogP contribution in [0.25, 0.3) is 11.3 Å². The van der Waals surface area contributed by atoms with Gasteiger partial charge in [0.2, 0.25) is 17.7 Å². The van der Waals surface area contributed by atoms with Crippen LogP contribution in [0.1, 0.15) is 36.8 Å². The first-order valence-electron chi connectivity index (χ1n) is 14.5. The number of carbonyl (C=O) groups excluding carboxylic acids is 2. The molecule has 2 N–H and O–H groups in total. The molecule has 0 radical (unpaired) electrons. The number of alkyl halides is 3. The molecule has 1 aromatic carbocycles. The summed E-state index contributed by atoms with van der Waals surface area (Å²) in [5.74, 6) is -2.25. The van der Waals surface area contributed by atoms with Gasteiger partial charge in [-0.15, -0.1) is 0 Å². The van der Waals surface area contributed by atoms with Crippen molar-refractivity contribution in [3.05, 3.63) is 63.1 Å². The third-order valence-corrected chi connectivity index (χ3v) is 10.6. The van der Waals surface area contributed by atoms with Crippen LogP contribution >= 0.6 is 27.5 Å². The zero-order valence-corrected chi connectivity index (χ0v) is 32.2. The number of aromatic nitrogens is 5. The number of carbonyl (C=O) groups is 2. The topological polar surface area (TPSA) is 211 Å². The smallest absolute Gasteiger partial charge is 0.434 e. The number of ether oxygens (including phenoxy) is 3. The quantitative estimate of drug-likeness (QED) is 0.151. The number of methoxy groups -OCH3 is 2. The van der Waals surface area contributed by atoms with Gasteiger partial charge in [0.15, 0.2) is 20.6 Å². The van der Waals surface area contributed by atoms with Gasteiger partial charge in [-0.05, 0) is 54.0 Å². The van der Waals surface area contributed by atoms with Gasteiger partial charge in [0, 0.05) is 18.8 Å². The fourth-order valence-corrected chi connectivity index (χ4v) is 7.63. The Kier molecular flexibility index (Phi) is 13.8. The number of urea groups is 1. The first kappa shape index (κ1) is 42.8. The molecule has 2 amide bonds. The second-order valence-electron chi connectivity index (χ2n) is 10.4. The van der Waals surface area contributed by atoms with Gasteiger partial charge in [0.05, 0.1) is 47.2 Å². The lowest BCUT2D eigenvalue weighted by molar-refractivity contribution is -0.144. The van der Waals surface area contributed by atoms with Gasteiger partial charge in [-0.1, -0.05) is 18.5 Å². The second kappa shape index (κ2) is 17.0. The first-order chi connectivity index (χ1) is 24.6. The monoisotopic (exact) mass is 873 g/mol. The van der Waals surface area contributed by atoms with Crippen molar-refractivity contribution in [2.75, 3.05) is 25.3 Å². The molecule has 0 atom stereocenters. The summed E-state index contributed by atoms with van der Waals surface area (Å²) in [6.07, 6.45) is -4.05. The fraction of sp³-hybridized carbons (Fsp3) is 0.310. The highest BCUT2D eigenvalue weighted by Gasteiger charge is 2.39. The SMILES string of the molecule is CC(C)OC(=O)c1cc(-c2nn(C)c(C(F)(F)F)c2Br)c(F)cc1Cl.CCS(=O)(=O)c1cccnc1S(=O)(=O)NC(=O)Nc1nc(OC)cc(OC)n1. The van der Waals surface area contributed by atoms with E-state index in [1.165, 1.54) is 33.3 Å². The zero-order valence-electron chi connectivity index (χ0n) is 28.2. The fourth-order valence-electron chi connectivity index (χ4n) is 4.08. The predicted molar refractivity (Wildman–Crippen MR) is 183 cm³/mol. The normalized spacial score (nSPS) is 11.7. The van der Waals surface area contributed by atoms with Crippen LogP contribution in [0.2, 0.25) is 5.02 Å². The first-order valence-corrected chi connectivity index (χ1v) is 18.9. The number of rotatable bonds is 10. The van der Waals surface area contributed by atoms with E-state index in [1.807, 2.05) is 0 Å². The van der Waals surface area contributed by atoms with Crippen molar-refractivity contribution in [2.45, 2.75) is 43.0 Å². The lowest BCUT2D eigenvalue weighted by Crippen LogP contribution is -2.36. The summed E-state index contributed by atoms with van der Waals surface area (Å²) in [4.78, 5) is 34.9. The van der Waals surface area contributed by atoms with Crippen molar-refractivity contribution in [1.82, 2.24) is 29.5 Å². The average Bonchev–Trinajstić information content (AvgIpc) is 3.37. The molecule has 0 unspecified atom stereocenters. The molecule has 0 saturated carbocycles. The Morgan fingerprint density at radius 3 is 2.17 bits per heavy atom. The van der Waals surface area contributed by atoms with Gasteiger partial charge in [-0.2, -0.15) is 36.7 Å². The Balaban J connectivity index is 0.000000287. The molecule has 288 valence electrons. The third kappa shape index (κ3) is 10.5. The minimum Gasteiger partial charge on any atom is -0.481 e. The van der Waals surface area contributed by atoms with Crippen LogP contribution in [0, 0.1) is 5.82 Å². The predicted octanol–water partition coefficient (Wildman–Crippen LogP) is 5.42. The number of pyridine rings is 1. The van der Waals surface area contributed by atoms with Crippen molar-refractivity contribution in [3.63, 3.8) is 0 Å². The standard InChI is InChI=1S/C15H12BrClF4N2O2.C14H17N5O7S2/c1-6(2)25-14(24)7-4-8(10(18)5-9(7)17)12-11(16)13(15(19,20)21)23(3)22-12;1-4-27(21,22)9-6-5-7-15-12(9)28(23,24)19-14(20)18-13-16-10(25-2)8-11(17-13)26-3/h4-6H,1-3H3;5-8H,4H2,1-3H3,(H2,16,17,18,19,20). The van der Waals surface area contributed by atoms with E-state index in [9.17, 15) is 44.0 Å². The van der Waals surface area contributed by atoms with E-state index in [2.05, 4.69) is 41.3 Å². The Morgan fingerprint density at radius 2 is 1.66 bits per heavy atom. The second-order valence-corrected chi connectivity index (χ2v) is 15.5. The molecule has 24 heteroatoms. The van der Waals surface area contributed by atoms with Gasteiger partial charge < -0.3 is 14.2 Å². The number of amides is 2. The molecular formula is C29H29BrClF4N7O9S2. The van der Waals surface area contributed by atoms with E-state index >= 15 is 0 Å². The number of nitrogens with zero attached hydrogens (tertiary/aromatic N) is 5. The maximum Gasteiger partial charge on any atom is 0.434 e. The van der Waals surface area contributed by atoms with Crippen LogP contribution < -0.4 is 19.5 Å². The largest absolute Gasteiger partial charge is 0.481 e. The number of sulfonamides is 1. The summed E-state index contributed by atoms with van der Waals surface area (Å²) in [7, 11) is -4.77. The molecule has 0 aliphatic heterocycles. The van der Waals surface area contributed by atoms with Crippen molar-refractivity contribution >= 4 is 65.3 Å². The summed E-state index contributed by atoms with van der Waals surface area (Å²) in [5, 5.41) is 4.81. The minimum atomic E-state index is -4.69. The number of esters is 1. The summed E-state index contributed by atoms with van der Waals surface area (Å²) in [6.45, 7) is 4.58. The Labute approximate surface area is 313 Å². The van der Waals surface area contributed by atoms with E-state index in [0.29, 0.717) is 4.68 Å². The summed E-state index contributed by atoms with van der Waals surface area (Å²) >= 11 is 8.67. The van der Waals surface area contributed by atoms with Crippen LogP contribution in [-0.4, -0.2) is 79.6 Å². The van der Waals surface area contributed by atoms with E-state index in [0.717, 1.165) is 31.4 Å². The highest BCUT2D eigenvalue weighted by Crippen LogP contribution is 2.41. The highest BCUT2D eigenvalue weighted by molar-refractivity contribution is 9.10. The van der Waals surface area contributed by atoms with Crippen molar-refractivity contribution in [2.24, 2.45) is 7.05 Å². The van der Waals surface area contributed by atoms with Gasteiger partial charge in [-0.3, -0.25) is 10.00 Å². The molecule has 0 bridgehead atoms. The van der Waals surface area contributed by atoms with Crippen molar-refractivity contribution in [1.29, 1.82) is 0 Å². The molecule has 0 aliphatic rings. The van der Waals surface area contributed by atoms with E-state index in [-0.39, 0.29) is 45.3 Å². The van der Waals surface area contributed by atoms with Gasteiger partial charge in [-0.25, -0.2) is 32.1 Å². The highest BCUT2D eigenvalue weighted by atomic mass is 79.9. The molecule has 53 heavy (non-hydrogen) atoms. The molecular weight excluding hydrogens is 846 g/mol. The molecule has 4 rings (SSSR count). The molecule has 0 fully saturated rings. The molecule has 0 saturated heterocycles. The van der Waals surface area contributed by atoms with Crippen LogP contribution in [0.15, 0.2) is 50.9 Å². The van der Waals surface area contributed by atoms with Crippen LogP contribution in [-0.2, 0) is 37.8 Å². The summed E-state index contributed by atoms with van der Waals surface area (Å²) < 4.78 is 119. The summed E-state index contributed by atoms with van der Waals surface area (Å²) in [5.41, 5.74) is -1.86. The lowest BCUT2D eigenvalue weighted by atomic mass is 10.1. The van der Waals surface area contributed by atoms with E-state index in [1.54, 1.807) is 18.6 Å². The molecule has 3 aromatic heterocycles. The molecule has 16 nitrogen and oxygen atoms in total. The van der Waals surface area contributed by atoms with Crippen molar-refractivity contribution < 1.29 is 58.2 Å². The van der Waals surface area contributed by atoms with Gasteiger partial charge >= 0.3 is 18.2 Å². The van der Waals surface area contributed by atoms with Gasteiger partial charge in [0.1, 0.15) is 16.4 Å². The number of halogens is 6. The van der Waals surface area contributed by atoms with E-state index in [4.69, 9.17) is 25.8 Å². The number of anilines is 1. The molecule has 0 aliphatic carbocycles. The van der Waals surface area contributed by atoms with Gasteiger partial charge in [0.25, 0.3) is 10.0 Å². The lowest BCUT2D eigenvalue weighted by Gasteiger charge is -2.11. The number of hydrogen-bond acceptors (Lipinski definition) is 13. The summed E-state index contributed by atoms with van der Waals surface area (Å²) in [6, 6.07) is 4.33. The van der Waals surface area contributed by atoms with Crippen LogP contribution in [0.4, 0.5) is 28.3 Å². The number of aryl methyl sites for hydroxylation is 1. The molecule has 0 spiro atoms. The molecule has 4 aromatic rings. The van der Waals surface area contributed by atoms with Crippen LogP contribution in [0.3, 0.4) is 0 Å². The number of hydrogen-bond donors (Lipinski definition) is 2. The number of benzene rings is 1. The number of nitrogens with one attached hydrogen (secondary N) is 2. The van der Waals surface area contributed by atoms with E-state index < -0.39 is 70.0 Å². The Morgan fingerprint density at radius 1 is 1.06 bits per heavy atom. The van der Waals surface area contributed by atoms with Crippen molar-refractivity contribution in [3.8, 4) is 23.0 Å². The maximum atomic E-state index is 14.3. The van der Waals surface area contributed by atoms with Crippen LogP contribution in [0.5, 0.6) is 11.8 Å². The Bertz CT molecular complexity index is 2220. The third-order valence-electron chi connectivity index (χ3n) is 6.39. The molecule has 3 heterocycles. The number of sulfone groups is 1.